The first kappa shape index (κ1) is 25.7. The van der Waals surface area contributed by atoms with Crippen LogP contribution >= 0.6 is 0 Å². The molecule has 0 bridgehead atoms. The monoisotopic (exact) mass is 467 g/mol. The Hall–Kier alpha value is -2.90. The quantitative estimate of drug-likeness (QED) is 0.575. The lowest BCUT2D eigenvalue weighted by atomic mass is 9.89. The molecule has 3 rings (SSSR count). The molecule has 0 radical (unpaired) electrons. The van der Waals surface area contributed by atoms with E-state index < -0.39 is 22.8 Å². The van der Waals surface area contributed by atoms with Crippen molar-refractivity contribution in [3.05, 3.63) is 71.8 Å². The van der Waals surface area contributed by atoms with Gasteiger partial charge in [0.25, 0.3) is 0 Å². The molecule has 2 N–H and O–H groups in total. The van der Waals surface area contributed by atoms with Crippen molar-refractivity contribution in [2.45, 2.75) is 57.3 Å². The van der Waals surface area contributed by atoms with E-state index in [2.05, 4.69) is 27.7 Å². The Morgan fingerprint density at radius 3 is 2.21 bits per heavy atom. The normalized spacial score (nSPS) is 20.4. The van der Waals surface area contributed by atoms with Gasteiger partial charge in [0.2, 0.25) is 0 Å². The van der Waals surface area contributed by atoms with E-state index in [1.807, 2.05) is 76.2 Å². The summed E-state index contributed by atoms with van der Waals surface area (Å²) in [7, 11) is 1.42. The third-order valence-corrected chi connectivity index (χ3v) is 6.14. The molecule has 1 aliphatic rings. The smallest absolute Gasteiger partial charge is 0.408 e. The third kappa shape index (κ3) is 6.58. The van der Waals surface area contributed by atoms with Crippen molar-refractivity contribution in [2.24, 2.45) is 0 Å². The minimum Gasteiger partial charge on any atom is -0.468 e. The van der Waals surface area contributed by atoms with Crippen LogP contribution in [-0.2, 0) is 26.4 Å². The Bertz CT molecular complexity index is 961. The maximum absolute atomic E-state index is 13.0. The van der Waals surface area contributed by atoms with Gasteiger partial charge in [-0.2, -0.15) is 0 Å². The van der Waals surface area contributed by atoms with Crippen LogP contribution < -0.4 is 10.6 Å². The van der Waals surface area contributed by atoms with Crippen molar-refractivity contribution in [3.63, 3.8) is 0 Å². The SMILES string of the molecule is COC(=O)C1(NCC(C)(NC(=O)OC(C)(C)C)c2ccccc2)CCN(Cc2ccccc2)C1. The fraction of sp³-hybridized carbons (Fsp3) is 0.481. The molecule has 0 aliphatic carbocycles. The number of ether oxygens (including phenoxy) is 2. The average molecular weight is 468 g/mol. The average Bonchev–Trinajstić information content (AvgIpc) is 3.21. The summed E-state index contributed by atoms with van der Waals surface area (Å²) in [5.74, 6) is -0.296. The number of methoxy groups -OCH3 is 1. The van der Waals surface area contributed by atoms with Crippen LogP contribution in [0.15, 0.2) is 60.7 Å². The van der Waals surface area contributed by atoms with Crippen molar-refractivity contribution < 1.29 is 19.1 Å². The zero-order chi connectivity index (χ0) is 24.8. The molecule has 2 unspecified atom stereocenters. The fourth-order valence-electron chi connectivity index (χ4n) is 4.34. The number of nitrogens with zero attached hydrogens (tertiary/aromatic N) is 1. The Kier molecular flexibility index (Phi) is 8.00. The number of carbonyl (C=O) groups excluding carboxylic acids is 2. The molecule has 184 valence electrons. The number of rotatable bonds is 8. The van der Waals surface area contributed by atoms with E-state index >= 15 is 0 Å². The van der Waals surface area contributed by atoms with Gasteiger partial charge in [0.15, 0.2) is 0 Å². The Morgan fingerprint density at radius 1 is 1.00 bits per heavy atom. The van der Waals surface area contributed by atoms with E-state index in [0.717, 1.165) is 18.7 Å². The van der Waals surface area contributed by atoms with Crippen LogP contribution in [0.3, 0.4) is 0 Å². The van der Waals surface area contributed by atoms with Gasteiger partial charge in [-0.05, 0) is 45.2 Å². The molecular formula is C27H37N3O4. The highest BCUT2D eigenvalue weighted by Crippen LogP contribution is 2.28. The molecular weight excluding hydrogens is 430 g/mol. The molecule has 1 heterocycles. The number of likely N-dealkylation sites (tertiary alicyclic amines) is 1. The number of hydrogen-bond acceptors (Lipinski definition) is 6. The predicted molar refractivity (Wildman–Crippen MR) is 132 cm³/mol. The van der Waals surface area contributed by atoms with Gasteiger partial charge < -0.3 is 14.8 Å². The maximum Gasteiger partial charge on any atom is 0.408 e. The second-order valence-electron chi connectivity index (χ2n) is 10.2. The van der Waals surface area contributed by atoms with Crippen LogP contribution in [0, 0.1) is 0 Å². The predicted octanol–water partition coefficient (Wildman–Crippen LogP) is 3.83. The van der Waals surface area contributed by atoms with Crippen LogP contribution in [-0.4, -0.2) is 54.8 Å². The van der Waals surface area contributed by atoms with E-state index in [-0.39, 0.29) is 5.97 Å². The van der Waals surface area contributed by atoms with Crippen LogP contribution in [0.4, 0.5) is 4.79 Å². The lowest BCUT2D eigenvalue weighted by Gasteiger charge is -2.37. The summed E-state index contributed by atoms with van der Waals surface area (Å²) < 4.78 is 10.7. The highest BCUT2D eigenvalue weighted by molar-refractivity contribution is 5.81. The van der Waals surface area contributed by atoms with Crippen molar-refractivity contribution in [1.82, 2.24) is 15.5 Å². The third-order valence-electron chi connectivity index (χ3n) is 6.14. The minimum absolute atomic E-state index is 0.296. The van der Waals surface area contributed by atoms with Crippen molar-refractivity contribution in [3.8, 4) is 0 Å². The van der Waals surface area contributed by atoms with Gasteiger partial charge in [-0.3, -0.25) is 15.0 Å². The maximum atomic E-state index is 13.0. The van der Waals surface area contributed by atoms with Crippen LogP contribution in [0.25, 0.3) is 0 Å². The van der Waals surface area contributed by atoms with E-state index in [1.165, 1.54) is 12.7 Å². The topological polar surface area (TPSA) is 79.9 Å². The molecule has 2 aromatic rings. The highest BCUT2D eigenvalue weighted by atomic mass is 16.6. The van der Waals surface area contributed by atoms with Gasteiger partial charge in [-0.1, -0.05) is 60.7 Å². The van der Waals surface area contributed by atoms with Crippen LogP contribution in [0.5, 0.6) is 0 Å². The summed E-state index contributed by atoms with van der Waals surface area (Å²) in [4.78, 5) is 27.9. The summed E-state index contributed by atoms with van der Waals surface area (Å²) in [6.45, 7) is 9.79. The van der Waals surface area contributed by atoms with Crippen LogP contribution in [0.2, 0.25) is 0 Å². The molecule has 2 atom stereocenters. The van der Waals surface area contributed by atoms with E-state index in [4.69, 9.17) is 9.47 Å². The van der Waals surface area contributed by atoms with Gasteiger partial charge in [0.05, 0.1) is 12.6 Å². The van der Waals surface area contributed by atoms with Crippen molar-refractivity contribution >= 4 is 12.1 Å². The van der Waals surface area contributed by atoms with Gasteiger partial charge >= 0.3 is 12.1 Å². The van der Waals surface area contributed by atoms with Crippen molar-refractivity contribution in [2.75, 3.05) is 26.7 Å². The molecule has 1 fully saturated rings. The lowest BCUT2D eigenvalue weighted by Crippen LogP contribution is -2.60. The van der Waals surface area contributed by atoms with Gasteiger partial charge in [0, 0.05) is 26.2 Å². The number of nitrogens with one attached hydrogen (secondary N) is 2. The summed E-state index contributed by atoms with van der Waals surface area (Å²) in [6.07, 6.45) is 0.106. The van der Waals surface area contributed by atoms with E-state index in [9.17, 15) is 9.59 Å². The number of hydrogen-bond donors (Lipinski definition) is 2. The molecule has 1 saturated heterocycles. The van der Waals surface area contributed by atoms with Gasteiger partial charge in [0.1, 0.15) is 11.1 Å². The molecule has 1 aliphatic heterocycles. The number of alkyl carbamates (subject to hydrolysis) is 1. The van der Waals surface area contributed by atoms with Gasteiger partial charge in [-0.15, -0.1) is 0 Å². The molecule has 2 aromatic carbocycles. The highest BCUT2D eigenvalue weighted by Gasteiger charge is 2.47. The number of benzene rings is 2. The number of carbonyl (C=O) groups is 2. The Labute approximate surface area is 202 Å². The Morgan fingerprint density at radius 2 is 1.62 bits per heavy atom. The number of esters is 1. The molecule has 0 spiro atoms. The van der Waals surface area contributed by atoms with E-state index in [1.54, 1.807) is 0 Å². The summed E-state index contributed by atoms with van der Waals surface area (Å²) in [5, 5.41) is 6.51. The standard InChI is InChI=1S/C27H37N3O4/c1-25(2,3)34-24(32)29-26(4,22-14-10-7-11-15-22)19-28-27(23(31)33-5)16-17-30(20-27)18-21-12-8-6-9-13-21/h6-15,28H,16-20H2,1-5H3,(H,29,32). The molecule has 7 heteroatoms. The van der Waals surface area contributed by atoms with E-state index in [0.29, 0.717) is 19.5 Å². The largest absolute Gasteiger partial charge is 0.468 e. The zero-order valence-electron chi connectivity index (χ0n) is 20.9. The first-order valence-electron chi connectivity index (χ1n) is 11.7. The molecule has 1 amide bonds. The summed E-state index contributed by atoms with van der Waals surface area (Å²) in [6, 6.07) is 19.9. The zero-order valence-corrected chi connectivity index (χ0v) is 20.9. The first-order valence-corrected chi connectivity index (χ1v) is 11.7. The van der Waals surface area contributed by atoms with Crippen LogP contribution in [0.1, 0.15) is 45.2 Å². The Balaban J connectivity index is 1.79. The first-order chi connectivity index (χ1) is 16.1. The molecule has 0 aromatic heterocycles. The fourth-order valence-corrected chi connectivity index (χ4v) is 4.34. The second-order valence-corrected chi connectivity index (χ2v) is 10.2. The molecule has 0 saturated carbocycles. The summed E-state index contributed by atoms with van der Waals surface area (Å²) in [5.41, 5.74) is -0.185. The van der Waals surface area contributed by atoms with Crippen molar-refractivity contribution in [1.29, 1.82) is 0 Å². The second kappa shape index (κ2) is 10.6. The minimum atomic E-state index is -0.866. The lowest BCUT2D eigenvalue weighted by molar-refractivity contribution is -0.148. The molecule has 34 heavy (non-hydrogen) atoms. The summed E-state index contributed by atoms with van der Waals surface area (Å²) >= 11 is 0. The number of amides is 1. The molecule has 7 nitrogen and oxygen atoms in total. The van der Waals surface area contributed by atoms with Gasteiger partial charge in [-0.25, -0.2) is 4.79 Å².